The van der Waals surface area contributed by atoms with Gasteiger partial charge < -0.3 is 9.47 Å². The fraction of sp³-hybridized carbons (Fsp3) is 0.571. The molecule has 0 spiro atoms. The van der Waals surface area contributed by atoms with Gasteiger partial charge in [-0.2, -0.15) is 0 Å². The summed E-state index contributed by atoms with van der Waals surface area (Å²) in [5.74, 6) is 0. The van der Waals surface area contributed by atoms with E-state index in [0.29, 0.717) is 0 Å². The van der Waals surface area contributed by atoms with E-state index < -0.39 is 0 Å². The smallest absolute Gasteiger partial charge is 0.111 e. The fourth-order valence-corrected chi connectivity index (χ4v) is 1.85. The Kier molecular flexibility index (Phi) is 4.37. The van der Waals surface area contributed by atoms with Crippen LogP contribution in [0.25, 0.3) is 0 Å². The molecular weight excluding hydrogens is 200 g/mol. The number of hydrogen-bond donors (Lipinski definition) is 0. The Hall–Kier alpha value is -0.860. The Balaban J connectivity index is 1.86. The van der Waals surface area contributed by atoms with Gasteiger partial charge in [0.05, 0.1) is 6.61 Å². The van der Waals surface area contributed by atoms with Crippen LogP contribution in [0, 0.1) is 0 Å². The molecule has 2 unspecified atom stereocenters. The molecule has 0 amide bonds. The van der Waals surface area contributed by atoms with Gasteiger partial charge in [-0.15, -0.1) is 0 Å². The van der Waals surface area contributed by atoms with Crippen LogP contribution < -0.4 is 0 Å². The summed E-state index contributed by atoms with van der Waals surface area (Å²) in [6, 6.07) is 10.4. The summed E-state index contributed by atoms with van der Waals surface area (Å²) in [4.78, 5) is 0. The Morgan fingerprint density at radius 3 is 2.69 bits per heavy atom. The van der Waals surface area contributed by atoms with Gasteiger partial charge in [-0.25, -0.2) is 0 Å². The minimum absolute atomic E-state index is 0.137. The molecule has 1 aliphatic rings. The quantitative estimate of drug-likeness (QED) is 0.519. The standard InChI is InChI=1S/C14H20O2/c1-2-3-7-10-15-14(13-11-16-13)12-8-5-4-6-9-12/h4-6,8-9,13-14H,2-3,7,10-11H2,1H3. The van der Waals surface area contributed by atoms with Crippen molar-refractivity contribution in [3.05, 3.63) is 35.9 Å². The molecule has 2 rings (SSSR count). The zero-order chi connectivity index (χ0) is 11.2. The summed E-state index contributed by atoms with van der Waals surface area (Å²) in [5.41, 5.74) is 1.24. The van der Waals surface area contributed by atoms with Crippen LogP contribution in [0.1, 0.15) is 37.9 Å². The molecule has 0 aliphatic carbocycles. The highest BCUT2D eigenvalue weighted by Crippen LogP contribution is 2.30. The van der Waals surface area contributed by atoms with E-state index in [-0.39, 0.29) is 12.2 Å². The second kappa shape index (κ2) is 6.02. The maximum Gasteiger partial charge on any atom is 0.111 e. The van der Waals surface area contributed by atoms with Crippen molar-refractivity contribution in [2.24, 2.45) is 0 Å². The first-order valence-corrected chi connectivity index (χ1v) is 6.20. The highest BCUT2D eigenvalue weighted by Gasteiger charge is 2.34. The number of hydrogen-bond acceptors (Lipinski definition) is 2. The van der Waals surface area contributed by atoms with Gasteiger partial charge in [0.2, 0.25) is 0 Å². The number of benzene rings is 1. The maximum atomic E-state index is 5.93. The van der Waals surface area contributed by atoms with Crippen LogP contribution in [0.3, 0.4) is 0 Å². The van der Waals surface area contributed by atoms with Crippen molar-refractivity contribution in [3.8, 4) is 0 Å². The predicted octanol–water partition coefficient (Wildman–Crippen LogP) is 3.33. The average molecular weight is 220 g/mol. The Morgan fingerprint density at radius 2 is 2.06 bits per heavy atom. The Labute approximate surface area is 97.6 Å². The molecule has 2 heteroatoms. The van der Waals surface area contributed by atoms with Crippen molar-refractivity contribution < 1.29 is 9.47 Å². The predicted molar refractivity (Wildman–Crippen MR) is 64.4 cm³/mol. The summed E-state index contributed by atoms with van der Waals surface area (Å²) < 4.78 is 11.3. The molecule has 0 N–H and O–H groups in total. The molecule has 88 valence electrons. The van der Waals surface area contributed by atoms with E-state index in [1.54, 1.807) is 0 Å². The van der Waals surface area contributed by atoms with Gasteiger partial charge in [0.1, 0.15) is 12.2 Å². The topological polar surface area (TPSA) is 21.8 Å². The molecule has 1 saturated heterocycles. The van der Waals surface area contributed by atoms with Gasteiger partial charge >= 0.3 is 0 Å². The second-order valence-electron chi connectivity index (χ2n) is 4.28. The lowest BCUT2D eigenvalue weighted by Crippen LogP contribution is -2.11. The summed E-state index contributed by atoms with van der Waals surface area (Å²) >= 11 is 0. The van der Waals surface area contributed by atoms with Crippen molar-refractivity contribution in [3.63, 3.8) is 0 Å². The molecule has 2 nitrogen and oxygen atoms in total. The lowest BCUT2D eigenvalue weighted by Gasteiger charge is -2.16. The molecule has 16 heavy (non-hydrogen) atoms. The van der Waals surface area contributed by atoms with Crippen molar-refractivity contribution in [1.82, 2.24) is 0 Å². The minimum atomic E-state index is 0.137. The third-order valence-electron chi connectivity index (χ3n) is 2.87. The lowest BCUT2D eigenvalue weighted by molar-refractivity contribution is 0.0301. The van der Waals surface area contributed by atoms with Crippen LogP contribution in [0.2, 0.25) is 0 Å². The lowest BCUT2D eigenvalue weighted by atomic mass is 10.1. The molecule has 0 aromatic heterocycles. The van der Waals surface area contributed by atoms with E-state index in [2.05, 4.69) is 31.2 Å². The van der Waals surface area contributed by atoms with Gasteiger partial charge in [-0.1, -0.05) is 50.1 Å². The molecule has 1 fully saturated rings. The molecule has 2 atom stereocenters. The zero-order valence-electron chi connectivity index (χ0n) is 9.89. The van der Waals surface area contributed by atoms with E-state index in [4.69, 9.17) is 9.47 Å². The largest absolute Gasteiger partial charge is 0.371 e. The second-order valence-corrected chi connectivity index (χ2v) is 4.28. The summed E-state index contributed by atoms with van der Waals surface area (Å²) in [5, 5.41) is 0. The van der Waals surface area contributed by atoms with Crippen molar-refractivity contribution in [2.75, 3.05) is 13.2 Å². The van der Waals surface area contributed by atoms with Crippen LogP contribution >= 0.6 is 0 Å². The summed E-state index contributed by atoms with van der Waals surface area (Å²) in [6.07, 6.45) is 4.04. The highest BCUT2D eigenvalue weighted by molar-refractivity contribution is 5.19. The molecule has 1 aliphatic heterocycles. The van der Waals surface area contributed by atoms with E-state index in [1.165, 1.54) is 18.4 Å². The first kappa shape index (κ1) is 11.6. The Bertz CT molecular complexity index is 293. The molecular formula is C14H20O2. The van der Waals surface area contributed by atoms with E-state index in [0.717, 1.165) is 19.6 Å². The minimum Gasteiger partial charge on any atom is -0.371 e. The van der Waals surface area contributed by atoms with Crippen LogP contribution in [0.15, 0.2) is 30.3 Å². The van der Waals surface area contributed by atoms with Crippen LogP contribution in [0.4, 0.5) is 0 Å². The third kappa shape index (κ3) is 3.32. The maximum absolute atomic E-state index is 5.93. The number of ether oxygens (including phenoxy) is 2. The van der Waals surface area contributed by atoms with Crippen LogP contribution in [-0.2, 0) is 9.47 Å². The average Bonchev–Trinajstić information content (AvgIpc) is 3.15. The number of unbranched alkanes of at least 4 members (excludes halogenated alkanes) is 2. The molecule has 1 aromatic rings. The third-order valence-corrected chi connectivity index (χ3v) is 2.87. The Morgan fingerprint density at radius 1 is 1.31 bits per heavy atom. The molecule has 0 bridgehead atoms. The molecule has 1 heterocycles. The highest BCUT2D eigenvalue weighted by atomic mass is 16.6. The van der Waals surface area contributed by atoms with Gasteiger partial charge in [-0.3, -0.25) is 0 Å². The first-order valence-electron chi connectivity index (χ1n) is 6.20. The normalized spacial score (nSPS) is 20.7. The van der Waals surface area contributed by atoms with Crippen molar-refractivity contribution in [1.29, 1.82) is 0 Å². The summed E-state index contributed by atoms with van der Waals surface area (Å²) in [6.45, 7) is 3.89. The van der Waals surface area contributed by atoms with Crippen molar-refractivity contribution >= 4 is 0 Å². The zero-order valence-corrected chi connectivity index (χ0v) is 9.89. The van der Waals surface area contributed by atoms with Crippen LogP contribution in [0.5, 0.6) is 0 Å². The fourth-order valence-electron chi connectivity index (χ4n) is 1.85. The number of epoxide rings is 1. The van der Waals surface area contributed by atoms with Crippen LogP contribution in [-0.4, -0.2) is 19.3 Å². The van der Waals surface area contributed by atoms with Gasteiger partial charge in [-0.05, 0) is 12.0 Å². The SMILES string of the molecule is CCCCCOC(c1ccccc1)C1CO1. The molecule has 0 saturated carbocycles. The number of rotatable bonds is 7. The first-order chi connectivity index (χ1) is 7.92. The molecule has 0 radical (unpaired) electrons. The van der Waals surface area contributed by atoms with E-state index >= 15 is 0 Å². The van der Waals surface area contributed by atoms with E-state index in [1.807, 2.05) is 6.07 Å². The van der Waals surface area contributed by atoms with E-state index in [9.17, 15) is 0 Å². The monoisotopic (exact) mass is 220 g/mol. The molecule has 1 aromatic carbocycles. The van der Waals surface area contributed by atoms with Gasteiger partial charge in [0.25, 0.3) is 0 Å². The van der Waals surface area contributed by atoms with Gasteiger partial charge in [0.15, 0.2) is 0 Å². The van der Waals surface area contributed by atoms with Gasteiger partial charge in [0, 0.05) is 6.61 Å². The summed E-state index contributed by atoms with van der Waals surface area (Å²) in [7, 11) is 0. The van der Waals surface area contributed by atoms with Crippen molar-refractivity contribution in [2.45, 2.75) is 38.4 Å².